The van der Waals surface area contributed by atoms with Crippen LogP contribution in [0.5, 0.6) is 5.75 Å². The highest BCUT2D eigenvalue weighted by Gasteiger charge is 2.64. The third kappa shape index (κ3) is 9.69. The van der Waals surface area contributed by atoms with E-state index in [2.05, 4.69) is 49.2 Å². The molecule has 0 radical (unpaired) electrons. The molecule has 0 aromatic heterocycles. The molecular formula is C47H62N2O7. The number of hydrogen-bond acceptors (Lipinski definition) is 8. The minimum Gasteiger partial charge on any atom is -0.410 e. The second-order valence-corrected chi connectivity index (χ2v) is 16.3. The minimum absolute atomic E-state index is 0.0144. The second-order valence-electron chi connectivity index (χ2n) is 16.3. The fraction of sp³-hybridized carbons (Fsp3) is 0.489. The van der Waals surface area contributed by atoms with Crippen LogP contribution < -0.4 is 15.8 Å². The summed E-state index contributed by atoms with van der Waals surface area (Å²) in [5.74, 6) is -0.642. The summed E-state index contributed by atoms with van der Waals surface area (Å²) in [5, 5.41) is 47.6. The number of rotatable bonds is 17. The lowest BCUT2D eigenvalue weighted by atomic mass is 9.52. The second kappa shape index (κ2) is 19.4. The van der Waals surface area contributed by atoms with Gasteiger partial charge in [0.25, 0.3) is 0 Å². The van der Waals surface area contributed by atoms with Crippen LogP contribution in [0, 0.1) is 17.3 Å². The predicted molar refractivity (Wildman–Crippen MR) is 221 cm³/mol. The van der Waals surface area contributed by atoms with Gasteiger partial charge >= 0.3 is 6.09 Å². The highest BCUT2D eigenvalue weighted by Crippen LogP contribution is 2.63. The number of aliphatic hydroxyl groups is 4. The quantitative estimate of drug-likeness (QED) is 0.0544. The third-order valence-corrected chi connectivity index (χ3v) is 12.7. The molecule has 1 spiro atoms. The maximum absolute atomic E-state index is 14.0. The maximum atomic E-state index is 14.0. The van der Waals surface area contributed by atoms with Crippen molar-refractivity contribution in [2.75, 3.05) is 13.2 Å². The summed E-state index contributed by atoms with van der Waals surface area (Å²) in [6.45, 7) is 9.69. The van der Waals surface area contributed by atoms with Crippen molar-refractivity contribution >= 4 is 11.9 Å². The molecule has 2 aromatic carbocycles. The van der Waals surface area contributed by atoms with Crippen LogP contribution in [0.1, 0.15) is 108 Å². The Morgan fingerprint density at radius 3 is 2.57 bits per heavy atom. The van der Waals surface area contributed by atoms with Crippen molar-refractivity contribution in [2.45, 2.75) is 116 Å². The Bertz CT molecular complexity index is 1840. The van der Waals surface area contributed by atoms with Gasteiger partial charge in [0.2, 0.25) is 0 Å². The molecule has 0 unspecified atom stereocenters. The molecule has 2 saturated carbocycles. The molecule has 9 heteroatoms. The van der Waals surface area contributed by atoms with Crippen molar-refractivity contribution in [3.05, 3.63) is 124 Å². The highest BCUT2D eigenvalue weighted by atomic mass is 16.6. The number of nitrogens with two attached hydrogens (primary N) is 1. The van der Waals surface area contributed by atoms with E-state index < -0.39 is 35.3 Å². The molecule has 1 aliphatic heterocycles. The van der Waals surface area contributed by atoms with Crippen LogP contribution >= 0.6 is 0 Å². The molecule has 0 bridgehead atoms. The van der Waals surface area contributed by atoms with Gasteiger partial charge in [-0.15, -0.1) is 0 Å². The first kappa shape index (κ1) is 43.0. The van der Waals surface area contributed by atoms with Crippen LogP contribution in [0.4, 0.5) is 4.79 Å². The Labute approximate surface area is 332 Å². The Balaban J connectivity index is 1.29. The van der Waals surface area contributed by atoms with Gasteiger partial charge in [0.15, 0.2) is 5.78 Å². The zero-order chi connectivity index (χ0) is 40.5. The molecule has 2 aromatic rings. The Kier molecular flexibility index (Phi) is 14.9. The molecule has 302 valence electrons. The van der Waals surface area contributed by atoms with Gasteiger partial charge in [0, 0.05) is 35.5 Å². The van der Waals surface area contributed by atoms with Gasteiger partial charge in [-0.05, 0) is 114 Å². The van der Waals surface area contributed by atoms with Gasteiger partial charge in [-0.1, -0.05) is 96.1 Å². The lowest BCUT2D eigenvalue weighted by molar-refractivity contribution is -0.167. The summed E-state index contributed by atoms with van der Waals surface area (Å²) in [4.78, 5) is 26.2. The predicted octanol–water partition coefficient (Wildman–Crippen LogP) is 7.65. The van der Waals surface area contributed by atoms with E-state index in [0.29, 0.717) is 66.5 Å². The molecule has 0 saturated heterocycles. The molecule has 3 aliphatic rings. The number of aliphatic hydroxyl groups excluding tert-OH is 3. The maximum Gasteiger partial charge on any atom is 0.414 e. The SMILES string of the molecule is C=C(/C=C\C=C(\CO)[C@H]1CC[C@@]2([C@H](CCCO)/C(=C(\C)C(=O)Cc3cccc4c3OC(=O)N[C@@H]4N)CC[C@@]2(C)O)[C@@H]1O)CC/C=C(/C)CCCc1ccccc1. The molecule has 1 amide bonds. The van der Waals surface area contributed by atoms with Gasteiger partial charge in [0.1, 0.15) is 11.9 Å². The van der Waals surface area contributed by atoms with E-state index in [4.69, 9.17) is 10.5 Å². The number of carbonyl (C=O) groups is 2. The van der Waals surface area contributed by atoms with E-state index >= 15 is 0 Å². The number of fused-ring (bicyclic) bond motifs is 1. The van der Waals surface area contributed by atoms with Crippen molar-refractivity contribution < 1.29 is 34.8 Å². The van der Waals surface area contributed by atoms with E-state index in [0.717, 1.165) is 43.3 Å². The number of amides is 1. The molecule has 2 aliphatic carbocycles. The minimum atomic E-state index is -1.26. The first-order valence-corrected chi connectivity index (χ1v) is 20.3. The normalized spacial score (nSPS) is 27.6. The number of aryl methyl sites for hydroxylation is 1. The van der Waals surface area contributed by atoms with Crippen LogP contribution in [0.2, 0.25) is 0 Å². The molecule has 6 atom stereocenters. The lowest BCUT2D eigenvalue weighted by Gasteiger charge is -2.55. The number of ketones is 1. The molecular weight excluding hydrogens is 705 g/mol. The standard InChI is InChI=1S/C47H62N2O7/c1-31(15-9-19-34-17-6-5-7-18-34)13-8-14-32(2)16-10-21-36(30-51)38-25-27-47(43(38)53)40(23-12-28-50)37(24-26-46(47,4)55)33(3)41(52)29-35-20-11-22-39-42(35)56-45(54)49-44(39)48/h5-7,10-11,13,16-18,20-22,38,40,43-44,50-51,53,55H,2,8-9,12,14-15,19,23-30,48H2,1,3-4H3,(H,49,54)/b16-10-,31-13-,36-21-,37-33+/t38-,40-,43-,44+,46-,47-/m1/s1. The first-order chi connectivity index (χ1) is 26.8. The summed E-state index contributed by atoms with van der Waals surface area (Å²) in [6, 6.07) is 15.8. The zero-order valence-electron chi connectivity index (χ0n) is 33.4. The topological polar surface area (TPSA) is 162 Å². The summed E-state index contributed by atoms with van der Waals surface area (Å²) in [7, 11) is 0. The van der Waals surface area contributed by atoms with Crippen LogP contribution in [0.25, 0.3) is 0 Å². The van der Waals surface area contributed by atoms with Crippen molar-refractivity contribution in [1.29, 1.82) is 0 Å². The Morgan fingerprint density at radius 1 is 1.07 bits per heavy atom. The molecule has 5 rings (SSSR count). The van der Waals surface area contributed by atoms with Gasteiger partial charge < -0.3 is 36.2 Å². The van der Waals surface area contributed by atoms with Crippen molar-refractivity contribution in [2.24, 2.45) is 23.0 Å². The van der Waals surface area contributed by atoms with Gasteiger partial charge in [0.05, 0.1) is 18.3 Å². The van der Waals surface area contributed by atoms with Crippen molar-refractivity contribution in [3.8, 4) is 5.75 Å². The molecule has 56 heavy (non-hydrogen) atoms. The number of hydrogen-bond donors (Lipinski definition) is 6. The van der Waals surface area contributed by atoms with Crippen LogP contribution in [-0.4, -0.2) is 57.2 Å². The van der Waals surface area contributed by atoms with E-state index in [9.17, 15) is 30.0 Å². The number of allylic oxidation sites excluding steroid dienone is 8. The smallest absolute Gasteiger partial charge is 0.410 e. The zero-order valence-corrected chi connectivity index (χ0v) is 33.4. The Hall–Kier alpha value is -4.12. The van der Waals surface area contributed by atoms with Crippen LogP contribution in [0.15, 0.2) is 107 Å². The van der Waals surface area contributed by atoms with Crippen molar-refractivity contribution in [1.82, 2.24) is 5.32 Å². The number of carbonyl (C=O) groups excluding carboxylic acids is 2. The molecule has 7 N–H and O–H groups in total. The third-order valence-electron chi connectivity index (χ3n) is 12.7. The average molecular weight is 767 g/mol. The number of nitrogens with one attached hydrogen (secondary N) is 1. The van der Waals surface area contributed by atoms with Gasteiger partial charge in [-0.2, -0.15) is 0 Å². The van der Waals surface area contributed by atoms with E-state index in [-0.39, 0.29) is 31.3 Å². The van der Waals surface area contributed by atoms with Gasteiger partial charge in [-0.25, -0.2) is 4.79 Å². The molecule has 1 heterocycles. The summed E-state index contributed by atoms with van der Waals surface area (Å²) in [5.41, 5.74) is 10.8. The number of benzene rings is 2. The van der Waals surface area contributed by atoms with E-state index in [1.54, 1.807) is 32.0 Å². The number of para-hydroxylation sites is 1. The molecule has 9 nitrogen and oxygen atoms in total. The summed E-state index contributed by atoms with van der Waals surface area (Å²) in [6.07, 6.45) is 13.3. The lowest BCUT2D eigenvalue weighted by Crippen LogP contribution is -2.59. The summed E-state index contributed by atoms with van der Waals surface area (Å²) >= 11 is 0. The molecule has 2 fully saturated rings. The average Bonchev–Trinajstić information content (AvgIpc) is 3.51. The van der Waals surface area contributed by atoms with Crippen LogP contribution in [0.3, 0.4) is 0 Å². The fourth-order valence-corrected chi connectivity index (χ4v) is 9.49. The van der Waals surface area contributed by atoms with Crippen LogP contribution in [-0.2, 0) is 17.6 Å². The van der Waals surface area contributed by atoms with Gasteiger partial charge in [-0.3, -0.25) is 4.79 Å². The van der Waals surface area contributed by atoms with E-state index in [1.165, 1.54) is 11.1 Å². The number of Topliss-reactive ketones (excluding diaryl/α,β-unsaturated/α-hetero) is 1. The first-order valence-electron chi connectivity index (χ1n) is 20.3. The largest absolute Gasteiger partial charge is 0.414 e. The monoisotopic (exact) mass is 766 g/mol. The van der Waals surface area contributed by atoms with E-state index in [1.807, 2.05) is 24.3 Å². The summed E-state index contributed by atoms with van der Waals surface area (Å²) < 4.78 is 5.46. The van der Waals surface area contributed by atoms with Crippen molar-refractivity contribution in [3.63, 3.8) is 0 Å². The Morgan fingerprint density at radius 2 is 1.84 bits per heavy atom. The fourth-order valence-electron chi connectivity index (χ4n) is 9.49. The highest BCUT2D eigenvalue weighted by molar-refractivity contribution is 5.97. The number of ether oxygens (including phenoxy) is 1.